The third kappa shape index (κ3) is 1.86. The maximum absolute atomic E-state index is 10.9. The van der Waals surface area contributed by atoms with Crippen LogP contribution in [0.3, 0.4) is 0 Å². The molecule has 0 saturated heterocycles. The normalized spacial score (nSPS) is 10.3. The summed E-state index contributed by atoms with van der Waals surface area (Å²) in [6.45, 7) is 3.42. The van der Waals surface area contributed by atoms with Crippen LogP contribution in [-0.4, -0.2) is 26.7 Å². The average molecular weight is 211 g/mol. The molecule has 5 heteroatoms. The molecule has 15 heavy (non-hydrogen) atoms. The summed E-state index contributed by atoms with van der Waals surface area (Å²) in [6, 6.07) is 0. The topological polar surface area (TPSA) is 79.5 Å². The number of carboxylic acid groups (broad SMARTS) is 2. The number of aromatic nitrogens is 1. The van der Waals surface area contributed by atoms with E-state index in [9.17, 15) is 9.59 Å². The first-order chi connectivity index (χ1) is 6.86. The van der Waals surface area contributed by atoms with E-state index in [2.05, 4.69) is 0 Å². The van der Waals surface area contributed by atoms with E-state index in [0.29, 0.717) is 11.3 Å². The zero-order valence-corrected chi connectivity index (χ0v) is 8.87. The van der Waals surface area contributed by atoms with Crippen LogP contribution >= 0.6 is 0 Å². The van der Waals surface area contributed by atoms with E-state index in [1.165, 1.54) is 4.57 Å². The summed E-state index contributed by atoms with van der Waals surface area (Å²) in [5.41, 5.74) is 2.06. The first kappa shape index (κ1) is 11.3. The lowest BCUT2D eigenvalue weighted by molar-refractivity contribution is -0.136. The maximum Gasteiger partial charge on any atom is 0.352 e. The highest BCUT2D eigenvalue weighted by atomic mass is 16.4. The first-order valence-electron chi connectivity index (χ1n) is 4.46. The summed E-state index contributed by atoms with van der Waals surface area (Å²) in [6.07, 6.45) is -0.156. The van der Waals surface area contributed by atoms with Gasteiger partial charge in [-0.05, 0) is 25.0 Å². The van der Waals surface area contributed by atoms with Gasteiger partial charge in [0.05, 0.1) is 6.42 Å². The van der Waals surface area contributed by atoms with Gasteiger partial charge in [-0.25, -0.2) is 4.79 Å². The summed E-state index contributed by atoms with van der Waals surface area (Å²) in [5, 5.41) is 17.6. The number of aliphatic carboxylic acids is 1. The van der Waals surface area contributed by atoms with E-state index >= 15 is 0 Å². The fourth-order valence-corrected chi connectivity index (χ4v) is 1.73. The third-order valence-electron chi connectivity index (χ3n) is 2.61. The molecule has 0 saturated carbocycles. The Morgan fingerprint density at radius 2 is 1.73 bits per heavy atom. The SMILES string of the molecule is Cc1c(C)c(C(=O)O)n(C)c1CC(=O)O. The van der Waals surface area contributed by atoms with E-state index < -0.39 is 11.9 Å². The minimum atomic E-state index is -1.03. The summed E-state index contributed by atoms with van der Waals surface area (Å²) in [4.78, 5) is 21.5. The number of hydrogen-bond acceptors (Lipinski definition) is 2. The van der Waals surface area contributed by atoms with Crippen LogP contribution in [0, 0.1) is 13.8 Å². The molecular formula is C10H13NO4. The van der Waals surface area contributed by atoms with Gasteiger partial charge >= 0.3 is 11.9 Å². The van der Waals surface area contributed by atoms with Crippen LogP contribution in [0.25, 0.3) is 0 Å². The Balaban J connectivity index is 3.36. The van der Waals surface area contributed by atoms with Crippen molar-refractivity contribution in [1.29, 1.82) is 0 Å². The Morgan fingerprint density at radius 1 is 1.20 bits per heavy atom. The fraction of sp³-hybridized carbons (Fsp3) is 0.400. The molecule has 1 aromatic heterocycles. The zero-order chi connectivity index (χ0) is 11.7. The number of carbonyl (C=O) groups is 2. The van der Waals surface area contributed by atoms with Crippen molar-refractivity contribution in [2.24, 2.45) is 7.05 Å². The number of carboxylic acids is 2. The molecule has 1 aromatic rings. The predicted octanol–water partition coefficient (Wildman–Crippen LogP) is 0.967. The minimum Gasteiger partial charge on any atom is -0.481 e. The lowest BCUT2D eigenvalue weighted by Gasteiger charge is -2.03. The molecule has 0 unspecified atom stereocenters. The Morgan fingerprint density at radius 3 is 2.07 bits per heavy atom. The van der Waals surface area contributed by atoms with E-state index in [-0.39, 0.29) is 12.1 Å². The van der Waals surface area contributed by atoms with Crippen molar-refractivity contribution < 1.29 is 19.8 Å². The van der Waals surface area contributed by atoms with Gasteiger partial charge in [0.1, 0.15) is 5.69 Å². The molecule has 82 valence electrons. The Labute approximate surface area is 87.0 Å². The van der Waals surface area contributed by atoms with Gasteiger partial charge in [0.2, 0.25) is 0 Å². The molecule has 0 bridgehead atoms. The van der Waals surface area contributed by atoms with Crippen molar-refractivity contribution in [3.05, 3.63) is 22.5 Å². The zero-order valence-electron chi connectivity index (χ0n) is 8.87. The van der Waals surface area contributed by atoms with Gasteiger partial charge in [0.15, 0.2) is 0 Å². The molecule has 0 atom stereocenters. The highest BCUT2D eigenvalue weighted by molar-refractivity contribution is 5.89. The van der Waals surface area contributed by atoms with Gasteiger partial charge in [-0.2, -0.15) is 0 Å². The molecule has 0 aliphatic rings. The van der Waals surface area contributed by atoms with Crippen LogP contribution < -0.4 is 0 Å². The molecule has 0 aromatic carbocycles. The highest BCUT2D eigenvalue weighted by Gasteiger charge is 2.20. The van der Waals surface area contributed by atoms with Crippen LogP contribution in [0.15, 0.2) is 0 Å². The predicted molar refractivity (Wildman–Crippen MR) is 53.2 cm³/mol. The first-order valence-corrected chi connectivity index (χ1v) is 4.46. The summed E-state index contributed by atoms with van der Waals surface area (Å²) in [7, 11) is 1.57. The van der Waals surface area contributed by atoms with Crippen molar-refractivity contribution >= 4 is 11.9 Å². The molecule has 1 heterocycles. The summed E-state index contributed by atoms with van der Waals surface area (Å²) >= 11 is 0. The third-order valence-corrected chi connectivity index (χ3v) is 2.61. The maximum atomic E-state index is 10.9. The van der Waals surface area contributed by atoms with E-state index in [1.807, 2.05) is 0 Å². The van der Waals surface area contributed by atoms with Gasteiger partial charge in [0, 0.05) is 12.7 Å². The summed E-state index contributed by atoms with van der Waals surface area (Å²) in [5.74, 6) is -2.00. The van der Waals surface area contributed by atoms with Crippen LogP contribution in [0.2, 0.25) is 0 Å². The largest absolute Gasteiger partial charge is 0.481 e. The molecular weight excluding hydrogens is 198 g/mol. The molecule has 0 aliphatic heterocycles. The minimum absolute atomic E-state index is 0.156. The van der Waals surface area contributed by atoms with Gasteiger partial charge in [0.25, 0.3) is 0 Å². The molecule has 0 aliphatic carbocycles. The van der Waals surface area contributed by atoms with Crippen LogP contribution in [0.4, 0.5) is 0 Å². The van der Waals surface area contributed by atoms with Gasteiger partial charge in [-0.15, -0.1) is 0 Å². The van der Waals surface area contributed by atoms with Gasteiger partial charge < -0.3 is 14.8 Å². The second-order valence-corrected chi connectivity index (χ2v) is 3.48. The van der Waals surface area contributed by atoms with E-state index in [4.69, 9.17) is 10.2 Å². The molecule has 0 spiro atoms. The van der Waals surface area contributed by atoms with E-state index in [0.717, 1.165) is 5.56 Å². The molecule has 0 fully saturated rings. The van der Waals surface area contributed by atoms with Crippen molar-refractivity contribution in [3.63, 3.8) is 0 Å². The molecule has 5 nitrogen and oxygen atoms in total. The quantitative estimate of drug-likeness (QED) is 0.780. The number of rotatable bonds is 3. The highest BCUT2D eigenvalue weighted by Crippen LogP contribution is 2.21. The average Bonchev–Trinajstić information content (AvgIpc) is 2.29. The second-order valence-electron chi connectivity index (χ2n) is 3.48. The van der Waals surface area contributed by atoms with Crippen molar-refractivity contribution in [2.45, 2.75) is 20.3 Å². The van der Waals surface area contributed by atoms with Crippen LogP contribution in [-0.2, 0) is 18.3 Å². The Hall–Kier alpha value is -1.78. The number of nitrogens with zero attached hydrogens (tertiary/aromatic N) is 1. The number of aromatic carboxylic acids is 1. The van der Waals surface area contributed by atoms with Crippen molar-refractivity contribution in [1.82, 2.24) is 4.57 Å². The molecule has 1 rings (SSSR count). The lowest BCUT2D eigenvalue weighted by atomic mass is 10.1. The van der Waals surface area contributed by atoms with Gasteiger partial charge in [-0.1, -0.05) is 0 Å². The summed E-state index contributed by atoms with van der Waals surface area (Å²) < 4.78 is 1.43. The number of hydrogen-bond donors (Lipinski definition) is 2. The standard InChI is InChI=1S/C10H13NO4/c1-5-6(2)9(10(14)15)11(3)7(5)4-8(12)13/h4H2,1-3H3,(H,12,13)(H,14,15). The molecule has 0 radical (unpaired) electrons. The smallest absolute Gasteiger partial charge is 0.352 e. The van der Waals surface area contributed by atoms with E-state index in [1.54, 1.807) is 20.9 Å². The van der Waals surface area contributed by atoms with Crippen LogP contribution in [0.5, 0.6) is 0 Å². The van der Waals surface area contributed by atoms with Gasteiger partial charge in [-0.3, -0.25) is 4.79 Å². The van der Waals surface area contributed by atoms with Crippen LogP contribution in [0.1, 0.15) is 27.3 Å². The van der Waals surface area contributed by atoms with Crippen molar-refractivity contribution in [2.75, 3.05) is 0 Å². The lowest BCUT2D eigenvalue weighted by Crippen LogP contribution is -2.11. The monoisotopic (exact) mass is 211 g/mol. The molecule has 0 amide bonds. The second kappa shape index (κ2) is 3.76. The molecule has 2 N–H and O–H groups in total. The Bertz CT molecular complexity index is 431. The Kier molecular flexibility index (Phi) is 2.83. The fourth-order valence-electron chi connectivity index (χ4n) is 1.73. The van der Waals surface area contributed by atoms with Crippen molar-refractivity contribution in [3.8, 4) is 0 Å².